The van der Waals surface area contributed by atoms with Gasteiger partial charge in [-0.25, -0.2) is 0 Å². The first kappa shape index (κ1) is 13.8. The van der Waals surface area contributed by atoms with Crippen LogP contribution in [-0.4, -0.2) is 42.7 Å². The topological polar surface area (TPSA) is 64.4 Å². The second-order valence-corrected chi connectivity index (χ2v) is 5.28. The molecular formula is C11H22N2O2S. The fourth-order valence-electron chi connectivity index (χ4n) is 1.81. The highest BCUT2D eigenvalue weighted by atomic mass is 32.2. The van der Waals surface area contributed by atoms with E-state index in [2.05, 4.69) is 5.32 Å². The zero-order chi connectivity index (χ0) is 12.0. The third-order valence-corrected chi connectivity index (χ3v) is 3.45. The van der Waals surface area contributed by atoms with Crippen molar-refractivity contribution < 1.29 is 9.53 Å². The van der Waals surface area contributed by atoms with Crippen LogP contribution in [-0.2, 0) is 9.53 Å². The van der Waals surface area contributed by atoms with Crippen LogP contribution in [0.1, 0.15) is 26.2 Å². The number of nitrogens with one attached hydrogen (secondary N) is 1. The first-order chi connectivity index (χ1) is 7.63. The summed E-state index contributed by atoms with van der Waals surface area (Å²) < 4.78 is 5.43. The molecule has 0 aromatic heterocycles. The monoisotopic (exact) mass is 246 g/mol. The van der Waals surface area contributed by atoms with Gasteiger partial charge in [0, 0.05) is 12.6 Å². The minimum absolute atomic E-state index is 0.0202. The van der Waals surface area contributed by atoms with Crippen LogP contribution >= 0.6 is 11.8 Å². The van der Waals surface area contributed by atoms with Crippen LogP contribution in [0.5, 0.6) is 0 Å². The lowest BCUT2D eigenvalue weighted by molar-refractivity contribution is -0.124. The van der Waals surface area contributed by atoms with Gasteiger partial charge in [-0.3, -0.25) is 4.79 Å². The second-order valence-electron chi connectivity index (χ2n) is 4.30. The number of thioether (sulfide) groups is 1. The van der Waals surface area contributed by atoms with Crippen molar-refractivity contribution in [3.63, 3.8) is 0 Å². The van der Waals surface area contributed by atoms with Gasteiger partial charge in [-0.2, -0.15) is 11.8 Å². The lowest BCUT2D eigenvalue weighted by atomic mass is 10.0. The zero-order valence-corrected chi connectivity index (χ0v) is 10.9. The first-order valence-electron chi connectivity index (χ1n) is 5.80. The molecule has 4 nitrogen and oxygen atoms in total. The fourth-order valence-corrected chi connectivity index (χ4v) is 2.30. The molecule has 1 rings (SSSR count). The number of carbonyl (C=O) groups is 1. The molecule has 0 spiro atoms. The van der Waals surface area contributed by atoms with E-state index < -0.39 is 0 Å². The molecule has 3 atom stereocenters. The van der Waals surface area contributed by atoms with Gasteiger partial charge in [-0.1, -0.05) is 0 Å². The normalized spacial score (nSPS) is 27.4. The smallest absolute Gasteiger partial charge is 0.237 e. The third-order valence-electron chi connectivity index (χ3n) is 2.80. The van der Waals surface area contributed by atoms with Crippen LogP contribution in [0.3, 0.4) is 0 Å². The number of hydrogen-bond donors (Lipinski definition) is 2. The number of amides is 1. The molecule has 2 unspecified atom stereocenters. The average molecular weight is 246 g/mol. The lowest BCUT2D eigenvalue weighted by Crippen LogP contribution is -2.48. The Balaban J connectivity index is 2.26. The summed E-state index contributed by atoms with van der Waals surface area (Å²) in [5, 5.41) is 3.00. The van der Waals surface area contributed by atoms with Gasteiger partial charge in [0.15, 0.2) is 0 Å². The minimum Gasteiger partial charge on any atom is -0.378 e. The summed E-state index contributed by atoms with van der Waals surface area (Å²) in [4.78, 5) is 11.7. The molecular weight excluding hydrogens is 224 g/mol. The Labute approximate surface area is 102 Å². The van der Waals surface area contributed by atoms with E-state index in [1.54, 1.807) is 11.8 Å². The quantitative estimate of drug-likeness (QED) is 0.751. The molecule has 1 aliphatic rings. The molecule has 5 heteroatoms. The molecule has 1 fully saturated rings. The summed E-state index contributed by atoms with van der Waals surface area (Å²) in [6, 6.07) is -0.137. The Kier molecular flexibility index (Phi) is 6.16. The molecule has 1 saturated heterocycles. The number of nitrogens with two attached hydrogens (primary N) is 1. The van der Waals surface area contributed by atoms with Gasteiger partial charge in [0.1, 0.15) is 0 Å². The van der Waals surface area contributed by atoms with Crippen molar-refractivity contribution in [2.45, 2.75) is 44.4 Å². The van der Waals surface area contributed by atoms with Crippen LogP contribution in [0.25, 0.3) is 0 Å². The summed E-state index contributed by atoms with van der Waals surface area (Å²) in [5.74, 6) is 0.909. The Morgan fingerprint density at radius 1 is 1.69 bits per heavy atom. The van der Waals surface area contributed by atoms with E-state index in [1.807, 2.05) is 13.2 Å². The maximum Gasteiger partial charge on any atom is 0.237 e. The summed E-state index contributed by atoms with van der Waals surface area (Å²) in [6.45, 7) is 2.76. The minimum atomic E-state index is -0.370. The van der Waals surface area contributed by atoms with Crippen molar-refractivity contribution in [2.75, 3.05) is 18.6 Å². The zero-order valence-electron chi connectivity index (χ0n) is 10.1. The summed E-state index contributed by atoms with van der Waals surface area (Å²) >= 11 is 1.71. The maximum absolute atomic E-state index is 11.7. The van der Waals surface area contributed by atoms with Gasteiger partial charge in [0.05, 0.1) is 12.1 Å². The Morgan fingerprint density at radius 3 is 3.06 bits per heavy atom. The van der Waals surface area contributed by atoms with E-state index in [1.165, 1.54) is 0 Å². The summed E-state index contributed by atoms with van der Waals surface area (Å²) in [5.41, 5.74) is 5.80. The van der Waals surface area contributed by atoms with Crippen molar-refractivity contribution in [1.82, 2.24) is 5.32 Å². The lowest BCUT2D eigenvalue weighted by Gasteiger charge is -2.28. The first-order valence-corrected chi connectivity index (χ1v) is 7.19. The van der Waals surface area contributed by atoms with Gasteiger partial charge in [0.2, 0.25) is 5.91 Å². The van der Waals surface area contributed by atoms with Gasteiger partial charge in [0.25, 0.3) is 0 Å². The van der Waals surface area contributed by atoms with Crippen LogP contribution in [0.15, 0.2) is 0 Å². The van der Waals surface area contributed by atoms with Crippen molar-refractivity contribution >= 4 is 17.7 Å². The molecule has 1 heterocycles. The molecule has 0 aromatic rings. The van der Waals surface area contributed by atoms with E-state index in [0.717, 1.165) is 31.6 Å². The molecule has 0 aromatic carbocycles. The van der Waals surface area contributed by atoms with Crippen molar-refractivity contribution in [3.05, 3.63) is 0 Å². The number of carbonyl (C=O) groups excluding carboxylic acids is 1. The summed E-state index contributed by atoms with van der Waals surface area (Å²) in [7, 11) is 0. The van der Waals surface area contributed by atoms with E-state index in [-0.39, 0.29) is 24.1 Å². The van der Waals surface area contributed by atoms with Gasteiger partial charge in [-0.05, 0) is 38.2 Å². The highest BCUT2D eigenvalue weighted by Crippen LogP contribution is 2.13. The molecule has 0 aliphatic carbocycles. The predicted octanol–water partition coefficient (Wildman–Crippen LogP) is 0.750. The van der Waals surface area contributed by atoms with Crippen LogP contribution in [0.2, 0.25) is 0 Å². The highest BCUT2D eigenvalue weighted by molar-refractivity contribution is 7.98. The predicted molar refractivity (Wildman–Crippen MR) is 67.6 cm³/mol. The van der Waals surface area contributed by atoms with E-state index >= 15 is 0 Å². The van der Waals surface area contributed by atoms with Crippen molar-refractivity contribution in [2.24, 2.45) is 5.73 Å². The van der Waals surface area contributed by atoms with Crippen molar-refractivity contribution in [3.8, 4) is 0 Å². The number of ether oxygens (including phenoxy) is 1. The molecule has 0 radical (unpaired) electrons. The molecule has 0 bridgehead atoms. The Morgan fingerprint density at radius 2 is 2.44 bits per heavy atom. The van der Waals surface area contributed by atoms with Gasteiger partial charge >= 0.3 is 0 Å². The SMILES string of the molecule is CSCC[C@@H](N)C(=O)NC1CCOC(C)C1. The molecule has 1 aliphatic heterocycles. The molecule has 0 saturated carbocycles. The Hall–Kier alpha value is -0.260. The maximum atomic E-state index is 11.7. The van der Waals surface area contributed by atoms with Gasteiger partial charge in [-0.15, -0.1) is 0 Å². The van der Waals surface area contributed by atoms with Crippen molar-refractivity contribution in [1.29, 1.82) is 0 Å². The average Bonchev–Trinajstić information content (AvgIpc) is 2.25. The van der Waals surface area contributed by atoms with Crippen LogP contribution in [0.4, 0.5) is 0 Å². The molecule has 3 N–H and O–H groups in total. The second kappa shape index (κ2) is 7.14. The molecule has 1 amide bonds. The number of hydrogen-bond acceptors (Lipinski definition) is 4. The summed E-state index contributed by atoms with van der Waals surface area (Å²) in [6.07, 6.45) is 4.78. The highest BCUT2D eigenvalue weighted by Gasteiger charge is 2.22. The molecule has 94 valence electrons. The fraction of sp³-hybridized carbons (Fsp3) is 0.909. The standard InChI is InChI=1S/C11H22N2O2S/c1-8-7-9(3-5-15-8)13-11(14)10(12)4-6-16-2/h8-10H,3-7,12H2,1-2H3,(H,13,14)/t8?,9?,10-/m1/s1. The number of rotatable bonds is 5. The molecule has 16 heavy (non-hydrogen) atoms. The Bertz CT molecular complexity index is 226. The third kappa shape index (κ3) is 4.72. The van der Waals surface area contributed by atoms with Crippen LogP contribution in [0, 0.1) is 0 Å². The largest absolute Gasteiger partial charge is 0.378 e. The van der Waals surface area contributed by atoms with Crippen LogP contribution < -0.4 is 11.1 Å². The van der Waals surface area contributed by atoms with E-state index in [9.17, 15) is 4.79 Å². The van der Waals surface area contributed by atoms with E-state index in [4.69, 9.17) is 10.5 Å². The van der Waals surface area contributed by atoms with E-state index in [0.29, 0.717) is 0 Å². The van der Waals surface area contributed by atoms with Gasteiger partial charge < -0.3 is 15.8 Å².